The first kappa shape index (κ1) is 14.7. The molecule has 1 heterocycles. The number of hydrogen-bond donors (Lipinski definition) is 1. The predicted molar refractivity (Wildman–Crippen MR) is 79.5 cm³/mol. The highest BCUT2D eigenvalue weighted by Crippen LogP contribution is 2.31. The van der Waals surface area contributed by atoms with Crippen molar-refractivity contribution in [3.8, 4) is 0 Å². The van der Waals surface area contributed by atoms with Crippen molar-refractivity contribution < 1.29 is 14.3 Å². The first-order valence-electron chi connectivity index (χ1n) is 6.08. The van der Waals surface area contributed by atoms with Gasteiger partial charge >= 0.3 is 5.97 Å². The Hall–Kier alpha value is -1.69. The second kappa shape index (κ2) is 5.75. The van der Waals surface area contributed by atoms with Gasteiger partial charge in [0.15, 0.2) is 0 Å². The van der Waals surface area contributed by atoms with Crippen LogP contribution in [0.4, 0.5) is 10.1 Å². The molecule has 0 saturated heterocycles. The Morgan fingerprint density at radius 3 is 2.85 bits per heavy atom. The predicted octanol–water partition coefficient (Wildman–Crippen LogP) is 3.29. The van der Waals surface area contributed by atoms with Crippen LogP contribution in [0.1, 0.15) is 6.92 Å². The molecule has 0 amide bonds. The van der Waals surface area contributed by atoms with E-state index in [2.05, 4.69) is 20.9 Å². The average molecular weight is 341 g/mol. The first-order chi connectivity index (χ1) is 9.41. The lowest BCUT2D eigenvalue weighted by molar-refractivity contribution is -0.140. The molecule has 20 heavy (non-hydrogen) atoms. The number of aliphatic carboxylic acids is 1. The van der Waals surface area contributed by atoms with Crippen LogP contribution in [0.5, 0.6) is 0 Å². The van der Waals surface area contributed by atoms with E-state index in [1.165, 1.54) is 6.07 Å². The van der Waals surface area contributed by atoms with Gasteiger partial charge in [-0.05, 0) is 34.1 Å². The van der Waals surface area contributed by atoms with Crippen LogP contribution in [0.25, 0.3) is 10.9 Å². The number of halogens is 2. The Labute approximate surface area is 124 Å². The standard InChI is InChI=1S/C14H14BrFN2O2/c1-8(14(19)20)7-18(2)11-5-6-17-13-9(15)3-4-10(16)12(11)13/h3-6,8H,7H2,1-2H3,(H,19,20). The number of fused-ring (bicyclic) bond motifs is 1. The molecule has 0 radical (unpaired) electrons. The molecule has 1 unspecified atom stereocenters. The first-order valence-corrected chi connectivity index (χ1v) is 6.87. The summed E-state index contributed by atoms with van der Waals surface area (Å²) in [6.07, 6.45) is 1.59. The number of benzene rings is 1. The zero-order chi connectivity index (χ0) is 14.9. The number of nitrogens with zero attached hydrogens (tertiary/aromatic N) is 2. The number of hydrogen-bond acceptors (Lipinski definition) is 3. The smallest absolute Gasteiger partial charge is 0.308 e. The number of carbonyl (C=O) groups is 1. The topological polar surface area (TPSA) is 53.4 Å². The molecule has 0 aliphatic heterocycles. The van der Waals surface area contributed by atoms with Crippen LogP contribution in [-0.2, 0) is 4.79 Å². The molecule has 0 bridgehead atoms. The minimum atomic E-state index is -0.878. The molecule has 1 N–H and O–H groups in total. The van der Waals surface area contributed by atoms with E-state index in [1.54, 1.807) is 37.2 Å². The molecule has 6 heteroatoms. The maximum Gasteiger partial charge on any atom is 0.308 e. The fourth-order valence-corrected chi connectivity index (χ4v) is 2.51. The van der Waals surface area contributed by atoms with Gasteiger partial charge in [-0.1, -0.05) is 6.92 Å². The largest absolute Gasteiger partial charge is 0.481 e. The van der Waals surface area contributed by atoms with Crippen LogP contribution < -0.4 is 4.90 Å². The lowest BCUT2D eigenvalue weighted by Gasteiger charge is -2.23. The second-order valence-electron chi connectivity index (χ2n) is 4.70. The van der Waals surface area contributed by atoms with Crippen molar-refractivity contribution in [3.05, 3.63) is 34.7 Å². The van der Waals surface area contributed by atoms with E-state index in [9.17, 15) is 9.18 Å². The van der Waals surface area contributed by atoms with Crippen molar-refractivity contribution in [2.45, 2.75) is 6.92 Å². The monoisotopic (exact) mass is 340 g/mol. The second-order valence-corrected chi connectivity index (χ2v) is 5.56. The van der Waals surface area contributed by atoms with Gasteiger partial charge < -0.3 is 10.0 Å². The molecule has 1 aromatic heterocycles. The number of anilines is 1. The lowest BCUT2D eigenvalue weighted by atomic mass is 10.1. The van der Waals surface area contributed by atoms with E-state index in [1.807, 2.05) is 0 Å². The summed E-state index contributed by atoms with van der Waals surface area (Å²) >= 11 is 3.35. The summed E-state index contributed by atoms with van der Waals surface area (Å²) in [4.78, 5) is 16.8. The van der Waals surface area contributed by atoms with Crippen molar-refractivity contribution in [1.82, 2.24) is 4.98 Å². The number of carboxylic acids is 1. The Bertz CT molecular complexity index is 663. The summed E-state index contributed by atoms with van der Waals surface area (Å²) in [6, 6.07) is 4.66. The zero-order valence-corrected chi connectivity index (χ0v) is 12.7. The maximum absolute atomic E-state index is 14.1. The van der Waals surface area contributed by atoms with Gasteiger partial charge in [0.1, 0.15) is 5.82 Å². The minimum Gasteiger partial charge on any atom is -0.481 e. The number of pyridine rings is 1. The molecule has 106 valence electrons. The molecule has 0 saturated carbocycles. The fraction of sp³-hybridized carbons (Fsp3) is 0.286. The van der Waals surface area contributed by atoms with Crippen molar-refractivity contribution >= 4 is 38.5 Å². The quantitative estimate of drug-likeness (QED) is 0.927. The third kappa shape index (κ3) is 2.75. The van der Waals surface area contributed by atoms with Crippen molar-refractivity contribution in [1.29, 1.82) is 0 Å². The third-order valence-corrected chi connectivity index (χ3v) is 3.79. The minimum absolute atomic E-state index is 0.292. The Morgan fingerprint density at radius 2 is 2.20 bits per heavy atom. The SMILES string of the molecule is CC(CN(C)c1ccnc2c(Br)ccc(F)c12)C(=O)O. The molecule has 0 spiro atoms. The summed E-state index contributed by atoms with van der Waals surface area (Å²) in [6.45, 7) is 1.91. The Balaban J connectivity index is 2.49. The van der Waals surface area contributed by atoms with Crippen LogP contribution in [0.3, 0.4) is 0 Å². The zero-order valence-electron chi connectivity index (χ0n) is 11.1. The highest BCUT2D eigenvalue weighted by atomic mass is 79.9. The summed E-state index contributed by atoms with van der Waals surface area (Å²) in [5, 5.41) is 9.36. The van der Waals surface area contributed by atoms with Gasteiger partial charge in [0.2, 0.25) is 0 Å². The normalized spacial score (nSPS) is 12.4. The Morgan fingerprint density at radius 1 is 1.50 bits per heavy atom. The van der Waals surface area contributed by atoms with Crippen LogP contribution in [0, 0.1) is 11.7 Å². The molecule has 1 aromatic carbocycles. The molecular weight excluding hydrogens is 327 g/mol. The molecule has 4 nitrogen and oxygen atoms in total. The molecule has 1 atom stereocenters. The van der Waals surface area contributed by atoms with Crippen LogP contribution in [0.15, 0.2) is 28.9 Å². The van der Waals surface area contributed by atoms with Gasteiger partial charge in [0.05, 0.1) is 22.5 Å². The number of carboxylic acid groups (broad SMARTS) is 1. The van der Waals surface area contributed by atoms with Gasteiger partial charge in [-0.2, -0.15) is 0 Å². The van der Waals surface area contributed by atoms with Gasteiger partial charge in [-0.15, -0.1) is 0 Å². The summed E-state index contributed by atoms with van der Waals surface area (Å²) < 4.78 is 14.8. The van der Waals surface area contributed by atoms with Crippen molar-refractivity contribution in [2.75, 3.05) is 18.5 Å². The van der Waals surface area contributed by atoms with Crippen LogP contribution in [-0.4, -0.2) is 29.7 Å². The molecule has 0 fully saturated rings. The van der Waals surface area contributed by atoms with Gasteiger partial charge in [0.25, 0.3) is 0 Å². The summed E-state index contributed by atoms with van der Waals surface area (Å²) in [5.74, 6) is -1.79. The molecule has 2 rings (SSSR count). The molecule has 2 aromatic rings. The molecular formula is C14H14BrFN2O2. The van der Waals surface area contributed by atoms with E-state index in [-0.39, 0.29) is 5.82 Å². The van der Waals surface area contributed by atoms with E-state index in [0.717, 1.165) is 0 Å². The van der Waals surface area contributed by atoms with Crippen molar-refractivity contribution in [3.63, 3.8) is 0 Å². The Kier molecular flexibility index (Phi) is 4.23. The summed E-state index contributed by atoms with van der Waals surface area (Å²) in [7, 11) is 1.74. The van der Waals surface area contributed by atoms with E-state index < -0.39 is 11.9 Å². The number of aromatic nitrogens is 1. The maximum atomic E-state index is 14.1. The van der Waals surface area contributed by atoms with Gasteiger partial charge in [-0.25, -0.2) is 4.39 Å². The summed E-state index contributed by atoms with van der Waals surface area (Å²) in [5.41, 5.74) is 1.15. The highest BCUT2D eigenvalue weighted by molar-refractivity contribution is 9.10. The van der Waals surface area contributed by atoms with Crippen LogP contribution in [0.2, 0.25) is 0 Å². The third-order valence-electron chi connectivity index (χ3n) is 3.15. The highest BCUT2D eigenvalue weighted by Gasteiger charge is 2.17. The van der Waals surface area contributed by atoms with Gasteiger partial charge in [-0.3, -0.25) is 9.78 Å². The molecule has 0 aliphatic rings. The van der Waals surface area contributed by atoms with E-state index >= 15 is 0 Å². The lowest BCUT2D eigenvalue weighted by Crippen LogP contribution is -2.28. The average Bonchev–Trinajstić information content (AvgIpc) is 2.42. The van der Waals surface area contributed by atoms with Gasteiger partial charge in [0, 0.05) is 24.3 Å². The fourth-order valence-electron chi connectivity index (χ4n) is 2.08. The van der Waals surface area contributed by atoms with E-state index in [0.29, 0.717) is 27.6 Å². The molecule has 0 aliphatic carbocycles. The van der Waals surface area contributed by atoms with Crippen LogP contribution >= 0.6 is 15.9 Å². The number of rotatable bonds is 4. The van der Waals surface area contributed by atoms with E-state index in [4.69, 9.17) is 5.11 Å². The van der Waals surface area contributed by atoms with Crippen molar-refractivity contribution in [2.24, 2.45) is 5.92 Å².